The smallest absolute Gasteiger partial charge is 0.167 e. The molecule has 0 heterocycles. The molecular formula is C13H10O2. The van der Waals surface area contributed by atoms with E-state index in [0.717, 1.165) is 16.9 Å². The molecule has 1 aromatic rings. The van der Waals surface area contributed by atoms with E-state index < -0.39 is 0 Å². The van der Waals surface area contributed by atoms with Crippen LogP contribution in [0.5, 0.6) is 5.75 Å². The SMILES string of the molecule is COc1ccc(C2=C=C=C(O)C=C2)cc1. The number of rotatable bonds is 2. The molecule has 15 heavy (non-hydrogen) atoms. The standard InChI is InChI=1S/C13H10O2/c1-15-13-8-4-11(5-9-13)10-2-6-12(14)7-3-10/h2,4-6,8-9,14H,1H3. The fraction of sp³-hybridized carbons (Fsp3) is 0.0769. The van der Waals surface area contributed by atoms with Crippen molar-refractivity contribution < 1.29 is 9.84 Å². The van der Waals surface area contributed by atoms with E-state index >= 15 is 0 Å². The van der Waals surface area contributed by atoms with Gasteiger partial charge in [0.15, 0.2) is 5.76 Å². The number of hydrogen-bond acceptors (Lipinski definition) is 2. The van der Waals surface area contributed by atoms with E-state index in [1.165, 1.54) is 0 Å². The highest BCUT2D eigenvalue weighted by molar-refractivity contribution is 5.75. The number of benzene rings is 1. The van der Waals surface area contributed by atoms with Crippen LogP contribution in [0.4, 0.5) is 0 Å². The number of methoxy groups -OCH3 is 1. The Kier molecular flexibility index (Phi) is 2.47. The number of ether oxygens (including phenoxy) is 1. The summed E-state index contributed by atoms with van der Waals surface area (Å²) in [6, 6.07) is 7.65. The summed E-state index contributed by atoms with van der Waals surface area (Å²) in [6.45, 7) is 0. The minimum absolute atomic E-state index is 0.104. The minimum Gasteiger partial charge on any atom is -0.501 e. The summed E-state index contributed by atoms with van der Waals surface area (Å²) >= 11 is 0. The van der Waals surface area contributed by atoms with E-state index in [9.17, 15) is 0 Å². The Morgan fingerprint density at radius 1 is 1.07 bits per heavy atom. The Bertz CT molecular complexity index is 494. The van der Waals surface area contributed by atoms with Crippen molar-refractivity contribution in [3.05, 3.63) is 59.2 Å². The van der Waals surface area contributed by atoms with Crippen LogP contribution in [0.3, 0.4) is 0 Å². The van der Waals surface area contributed by atoms with Crippen LogP contribution in [0.1, 0.15) is 5.56 Å². The largest absolute Gasteiger partial charge is 0.501 e. The molecule has 74 valence electrons. The molecular weight excluding hydrogens is 188 g/mol. The fourth-order valence-electron chi connectivity index (χ4n) is 1.32. The van der Waals surface area contributed by atoms with Crippen molar-refractivity contribution in [2.45, 2.75) is 0 Å². The molecule has 2 heteroatoms. The molecule has 0 radical (unpaired) electrons. The number of aliphatic hydroxyl groups excluding tert-OH is 1. The Labute approximate surface area is 88.1 Å². The maximum atomic E-state index is 9.08. The first-order valence-electron chi connectivity index (χ1n) is 4.57. The summed E-state index contributed by atoms with van der Waals surface area (Å²) in [5.74, 6) is 0.925. The topological polar surface area (TPSA) is 29.5 Å². The number of aliphatic hydroxyl groups is 1. The number of hydrogen-bond donors (Lipinski definition) is 1. The fourth-order valence-corrected chi connectivity index (χ4v) is 1.32. The molecule has 0 amide bonds. The van der Waals surface area contributed by atoms with Gasteiger partial charge in [-0.1, -0.05) is 17.9 Å². The van der Waals surface area contributed by atoms with Gasteiger partial charge in [0.25, 0.3) is 0 Å². The molecule has 0 aliphatic heterocycles. The summed E-state index contributed by atoms with van der Waals surface area (Å²) in [5.41, 5.74) is 7.42. The van der Waals surface area contributed by atoms with Crippen LogP contribution in [0.15, 0.2) is 53.6 Å². The summed E-state index contributed by atoms with van der Waals surface area (Å²) in [5, 5.41) is 9.08. The molecule has 0 saturated carbocycles. The van der Waals surface area contributed by atoms with E-state index in [1.807, 2.05) is 24.3 Å². The highest BCUT2D eigenvalue weighted by Crippen LogP contribution is 2.20. The zero-order valence-electron chi connectivity index (χ0n) is 8.32. The van der Waals surface area contributed by atoms with Crippen LogP contribution in [-0.4, -0.2) is 12.2 Å². The zero-order chi connectivity index (χ0) is 10.7. The summed E-state index contributed by atoms with van der Waals surface area (Å²) < 4.78 is 5.07. The second-order valence-corrected chi connectivity index (χ2v) is 3.11. The van der Waals surface area contributed by atoms with Crippen LogP contribution >= 0.6 is 0 Å². The average molecular weight is 198 g/mol. The van der Waals surface area contributed by atoms with Gasteiger partial charge in [-0.15, -0.1) is 0 Å². The van der Waals surface area contributed by atoms with E-state index in [-0.39, 0.29) is 5.76 Å². The highest BCUT2D eigenvalue weighted by Gasteiger charge is 2.00. The van der Waals surface area contributed by atoms with Gasteiger partial charge in [0, 0.05) is 5.57 Å². The first kappa shape index (κ1) is 9.42. The molecule has 0 unspecified atom stereocenters. The molecule has 1 aliphatic carbocycles. The Balaban J connectivity index is 2.40. The molecule has 0 atom stereocenters. The minimum atomic E-state index is 0.104. The quantitative estimate of drug-likeness (QED) is 0.740. The second-order valence-electron chi connectivity index (χ2n) is 3.11. The molecule has 0 bridgehead atoms. The first-order chi connectivity index (χ1) is 7.29. The van der Waals surface area contributed by atoms with Crippen molar-refractivity contribution in [3.63, 3.8) is 0 Å². The van der Waals surface area contributed by atoms with Crippen molar-refractivity contribution in [1.82, 2.24) is 0 Å². The van der Waals surface area contributed by atoms with E-state index in [4.69, 9.17) is 9.84 Å². The third-order valence-corrected chi connectivity index (χ3v) is 2.13. The van der Waals surface area contributed by atoms with Gasteiger partial charge in [-0.25, -0.2) is 0 Å². The average Bonchev–Trinajstić information content (AvgIpc) is 2.30. The molecule has 1 aromatic carbocycles. The van der Waals surface area contributed by atoms with Crippen LogP contribution < -0.4 is 4.74 Å². The van der Waals surface area contributed by atoms with Crippen LogP contribution in [0.2, 0.25) is 0 Å². The normalized spacial score (nSPS) is 13.4. The lowest BCUT2D eigenvalue weighted by atomic mass is 10.0. The Morgan fingerprint density at radius 2 is 1.80 bits per heavy atom. The molecule has 0 saturated heterocycles. The maximum absolute atomic E-state index is 9.08. The van der Waals surface area contributed by atoms with Crippen LogP contribution in [0, 0.1) is 0 Å². The Morgan fingerprint density at radius 3 is 2.33 bits per heavy atom. The van der Waals surface area contributed by atoms with Crippen molar-refractivity contribution >= 4 is 5.57 Å². The van der Waals surface area contributed by atoms with Crippen molar-refractivity contribution in [3.8, 4) is 5.75 Å². The molecule has 1 N–H and O–H groups in total. The predicted octanol–water partition coefficient (Wildman–Crippen LogP) is 2.84. The maximum Gasteiger partial charge on any atom is 0.167 e. The van der Waals surface area contributed by atoms with Crippen molar-refractivity contribution in [1.29, 1.82) is 0 Å². The molecule has 0 fully saturated rings. The van der Waals surface area contributed by atoms with E-state index in [1.54, 1.807) is 19.3 Å². The second kappa shape index (κ2) is 3.93. The molecule has 2 rings (SSSR count). The van der Waals surface area contributed by atoms with Gasteiger partial charge in [0.05, 0.1) is 7.11 Å². The van der Waals surface area contributed by atoms with E-state index in [2.05, 4.69) is 11.5 Å². The summed E-state index contributed by atoms with van der Waals surface area (Å²) in [4.78, 5) is 0. The number of allylic oxidation sites excluding steroid dienone is 3. The van der Waals surface area contributed by atoms with Crippen LogP contribution in [-0.2, 0) is 0 Å². The lowest BCUT2D eigenvalue weighted by molar-refractivity contribution is 0.415. The van der Waals surface area contributed by atoms with E-state index in [0.29, 0.717) is 0 Å². The van der Waals surface area contributed by atoms with Crippen LogP contribution in [0.25, 0.3) is 5.57 Å². The summed E-state index contributed by atoms with van der Waals surface area (Å²) in [6.07, 6.45) is 3.39. The molecule has 0 spiro atoms. The van der Waals surface area contributed by atoms with Gasteiger partial charge in [0.1, 0.15) is 5.75 Å². The molecule has 2 nitrogen and oxygen atoms in total. The first-order valence-corrected chi connectivity index (χ1v) is 4.57. The van der Waals surface area contributed by atoms with Crippen molar-refractivity contribution in [2.75, 3.05) is 7.11 Å². The molecule has 1 aliphatic rings. The molecule has 0 aromatic heterocycles. The highest BCUT2D eigenvalue weighted by atomic mass is 16.5. The monoisotopic (exact) mass is 198 g/mol. The zero-order valence-corrected chi connectivity index (χ0v) is 8.32. The van der Waals surface area contributed by atoms with Crippen molar-refractivity contribution in [2.24, 2.45) is 0 Å². The third-order valence-electron chi connectivity index (χ3n) is 2.13. The lowest BCUT2D eigenvalue weighted by Crippen LogP contribution is -1.85. The van der Waals surface area contributed by atoms with Gasteiger partial charge in [0.2, 0.25) is 0 Å². The lowest BCUT2D eigenvalue weighted by Gasteiger charge is -2.03. The van der Waals surface area contributed by atoms with Gasteiger partial charge < -0.3 is 9.84 Å². The van der Waals surface area contributed by atoms with Gasteiger partial charge in [-0.3, -0.25) is 0 Å². The van der Waals surface area contributed by atoms with Gasteiger partial charge in [-0.2, -0.15) is 0 Å². The van der Waals surface area contributed by atoms with Gasteiger partial charge in [-0.05, 0) is 35.6 Å². The summed E-state index contributed by atoms with van der Waals surface area (Å²) in [7, 11) is 1.63. The third kappa shape index (κ3) is 2.03. The predicted molar refractivity (Wildman–Crippen MR) is 58.7 cm³/mol. The van der Waals surface area contributed by atoms with Gasteiger partial charge >= 0.3 is 0 Å². The Hall–Kier alpha value is -2.14.